The summed E-state index contributed by atoms with van der Waals surface area (Å²) >= 11 is 3.22. The maximum absolute atomic E-state index is 11.7. The van der Waals surface area contributed by atoms with Gasteiger partial charge in [0.05, 0.1) is 17.8 Å². The van der Waals surface area contributed by atoms with Gasteiger partial charge in [0, 0.05) is 4.47 Å². The summed E-state index contributed by atoms with van der Waals surface area (Å²) < 4.78 is 5.09. The van der Waals surface area contributed by atoms with Crippen molar-refractivity contribution < 1.29 is 19.2 Å². The van der Waals surface area contributed by atoms with Crippen LogP contribution in [0, 0.1) is 0 Å². The fourth-order valence-corrected chi connectivity index (χ4v) is 1.70. The molecule has 0 aliphatic heterocycles. The highest BCUT2D eigenvalue weighted by atomic mass is 79.9. The predicted molar refractivity (Wildman–Crippen MR) is 71.3 cm³/mol. The molecule has 1 heterocycles. The van der Waals surface area contributed by atoms with E-state index in [1.165, 1.54) is 18.2 Å². The minimum Gasteiger partial charge on any atom is -0.478 e. The first-order valence-electron chi connectivity index (χ1n) is 5.39. The summed E-state index contributed by atoms with van der Waals surface area (Å²) in [5.41, 5.74) is 0.414. The van der Waals surface area contributed by atoms with Gasteiger partial charge in [0.25, 0.3) is 0 Å². The summed E-state index contributed by atoms with van der Waals surface area (Å²) in [5, 5.41) is 17.5. The number of nitrogens with one attached hydrogen (secondary N) is 2. The molecular formula is C11H9BrN4O4. The number of nitrogens with zero attached hydrogens (tertiary/aromatic N) is 2. The number of aromatic nitrogens is 2. The highest BCUT2D eigenvalue weighted by Gasteiger charge is 2.10. The molecule has 20 heavy (non-hydrogen) atoms. The molecule has 0 spiro atoms. The molecule has 0 fully saturated rings. The highest BCUT2D eigenvalue weighted by Crippen LogP contribution is 2.23. The van der Waals surface area contributed by atoms with Crippen LogP contribution in [0.2, 0.25) is 0 Å². The van der Waals surface area contributed by atoms with Crippen LogP contribution in [0.4, 0.5) is 10.5 Å². The molecule has 0 bridgehead atoms. The van der Waals surface area contributed by atoms with Gasteiger partial charge in [-0.1, -0.05) is 5.16 Å². The van der Waals surface area contributed by atoms with Crippen LogP contribution in [-0.2, 0) is 6.54 Å². The van der Waals surface area contributed by atoms with E-state index in [1.54, 1.807) is 0 Å². The topological polar surface area (TPSA) is 117 Å². The minimum atomic E-state index is -1.08. The number of hydrogen-bond donors (Lipinski definition) is 3. The molecule has 2 amide bonds. The molecule has 1 aromatic heterocycles. The van der Waals surface area contributed by atoms with Crippen LogP contribution in [-0.4, -0.2) is 27.2 Å². The number of amides is 2. The largest absolute Gasteiger partial charge is 0.478 e. The van der Waals surface area contributed by atoms with Gasteiger partial charge in [-0.05, 0) is 34.1 Å². The Hall–Kier alpha value is -2.42. The Morgan fingerprint density at radius 2 is 2.20 bits per heavy atom. The number of benzene rings is 1. The van der Waals surface area contributed by atoms with Crippen molar-refractivity contribution in [2.24, 2.45) is 0 Å². The molecule has 8 nitrogen and oxygen atoms in total. The monoisotopic (exact) mass is 340 g/mol. The predicted octanol–water partition coefficient (Wildman–Crippen LogP) is 1.85. The molecule has 104 valence electrons. The Morgan fingerprint density at radius 3 is 2.85 bits per heavy atom. The van der Waals surface area contributed by atoms with Crippen LogP contribution in [0.25, 0.3) is 0 Å². The average Bonchev–Trinajstić information content (AvgIpc) is 2.92. The number of aromatic carboxylic acids is 1. The lowest BCUT2D eigenvalue weighted by Gasteiger charge is -2.08. The maximum Gasteiger partial charge on any atom is 0.335 e. The van der Waals surface area contributed by atoms with Gasteiger partial charge in [0.15, 0.2) is 5.82 Å². The van der Waals surface area contributed by atoms with Crippen molar-refractivity contribution in [3.05, 3.63) is 40.5 Å². The van der Waals surface area contributed by atoms with Crippen LogP contribution < -0.4 is 10.6 Å². The van der Waals surface area contributed by atoms with E-state index >= 15 is 0 Å². The lowest BCUT2D eigenvalue weighted by Crippen LogP contribution is -2.28. The van der Waals surface area contributed by atoms with E-state index in [-0.39, 0.29) is 12.1 Å². The van der Waals surface area contributed by atoms with Crippen molar-refractivity contribution in [2.75, 3.05) is 5.32 Å². The van der Waals surface area contributed by atoms with Gasteiger partial charge >= 0.3 is 12.0 Å². The first-order valence-corrected chi connectivity index (χ1v) is 6.18. The van der Waals surface area contributed by atoms with Crippen molar-refractivity contribution in [1.82, 2.24) is 15.5 Å². The Balaban J connectivity index is 2.00. The summed E-state index contributed by atoms with van der Waals surface area (Å²) in [6.45, 7) is 0.0958. The zero-order valence-electron chi connectivity index (χ0n) is 9.96. The van der Waals surface area contributed by atoms with Crippen molar-refractivity contribution >= 4 is 33.6 Å². The summed E-state index contributed by atoms with van der Waals surface area (Å²) in [5.74, 6) is -0.744. The standard InChI is InChI=1S/C11H9BrN4O4/c12-7-2-1-6(10(17)18)3-8(7)15-11(19)13-4-9-14-5-20-16-9/h1-3,5H,4H2,(H,17,18)(H2,13,15,19). The number of rotatable bonds is 4. The second kappa shape index (κ2) is 6.15. The number of halogens is 1. The normalized spacial score (nSPS) is 10.1. The van der Waals surface area contributed by atoms with E-state index in [0.717, 1.165) is 6.39 Å². The van der Waals surface area contributed by atoms with E-state index in [9.17, 15) is 9.59 Å². The van der Waals surface area contributed by atoms with E-state index in [1.807, 2.05) is 0 Å². The van der Waals surface area contributed by atoms with Crippen molar-refractivity contribution in [3.63, 3.8) is 0 Å². The smallest absolute Gasteiger partial charge is 0.335 e. The molecule has 0 saturated carbocycles. The van der Waals surface area contributed by atoms with Gasteiger partial charge in [-0.3, -0.25) is 0 Å². The highest BCUT2D eigenvalue weighted by molar-refractivity contribution is 9.10. The fourth-order valence-electron chi connectivity index (χ4n) is 1.35. The van der Waals surface area contributed by atoms with Gasteiger partial charge < -0.3 is 20.3 Å². The molecular weight excluding hydrogens is 332 g/mol. The molecule has 0 aliphatic carbocycles. The van der Waals surface area contributed by atoms with Crippen molar-refractivity contribution in [1.29, 1.82) is 0 Å². The summed E-state index contributed by atoms with van der Waals surface area (Å²) in [6, 6.07) is 3.80. The van der Waals surface area contributed by atoms with Gasteiger partial charge in [-0.15, -0.1) is 0 Å². The zero-order valence-corrected chi connectivity index (χ0v) is 11.5. The van der Waals surface area contributed by atoms with Crippen LogP contribution in [0.5, 0.6) is 0 Å². The Labute approximate surface area is 121 Å². The van der Waals surface area contributed by atoms with Gasteiger partial charge in [0.2, 0.25) is 6.39 Å². The number of urea groups is 1. The number of carboxylic acids is 1. The lowest BCUT2D eigenvalue weighted by molar-refractivity contribution is 0.0697. The molecule has 0 atom stereocenters. The van der Waals surface area contributed by atoms with Gasteiger partial charge in [-0.25, -0.2) is 9.59 Å². The molecule has 2 aromatic rings. The Morgan fingerprint density at radius 1 is 1.40 bits per heavy atom. The fraction of sp³-hybridized carbons (Fsp3) is 0.0909. The average molecular weight is 341 g/mol. The molecule has 0 radical (unpaired) electrons. The van der Waals surface area contributed by atoms with E-state index in [0.29, 0.717) is 16.0 Å². The lowest BCUT2D eigenvalue weighted by atomic mass is 10.2. The number of hydrogen-bond acceptors (Lipinski definition) is 5. The summed E-state index contributed by atoms with van der Waals surface area (Å²) in [7, 11) is 0. The molecule has 1 aromatic carbocycles. The molecule has 0 saturated heterocycles. The van der Waals surface area contributed by atoms with Crippen molar-refractivity contribution in [3.8, 4) is 0 Å². The SMILES string of the molecule is O=C(NCc1ncon1)Nc1cc(C(=O)O)ccc1Br. The maximum atomic E-state index is 11.7. The molecule has 3 N–H and O–H groups in total. The van der Waals surface area contributed by atoms with Gasteiger partial charge in [0.1, 0.15) is 0 Å². The second-order valence-electron chi connectivity index (χ2n) is 3.65. The molecule has 0 aliphatic rings. The van der Waals surface area contributed by atoms with Crippen molar-refractivity contribution in [2.45, 2.75) is 6.54 Å². The third kappa shape index (κ3) is 3.54. The van der Waals surface area contributed by atoms with Crippen LogP contribution in [0.1, 0.15) is 16.2 Å². The zero-order chi connectivity index (χ0) is 14.5. The van der Waals surface area contributed by atoms with Crippen LogP contribution in [0.15, 0.2) is 33.6 Å². The summed E-state index contributed by atoms with van der Waals surface area (Å²) in [4.78, 5) is 26.3. The number of anilines is 1. The third-order valence-corrected chi connectivity index (χ3v) is 2.97. The minimum absolute atomic E-state index is 0.0710. The molecule has 0 unspecified atom stereocenters. The third-order valence-electron chi connectivity index (χ3n) is 2.28. The number of carbonyl (C=O) groups excluding carboxylic acids is 1. The van der Waals surface area contributed by atoms with E-state index in [4.69, 9.17) is 5.11 Å². The number of carboxylic acid groups (broad SMARTS) is 1. The second-order valence-corrected chi connectivity index (χ2v) is 4.51. The van der Waals surface area contributed by atoms with E-state index < -0.39 is 12.0 Å². The molecule has 2 rings (SSSR count). The first-order chi connectivity index (χ1) is 9.56. The number of carbonyl (C=O) groups is 2. The van der Waals surface area contributed by atoms with Crippen LogP contribution >= 0.6 is 15.9 Å². The Kier molecular flexibility index (Phi) is 4.31. The summed E-state index contributed by atoms with van der Waals surface area (Å²) in [6.07, 6.45) is 1.15. The van der Waals surface area contributed by atoms with E-state index in [2.05, 4.69) is 41.2 Å². The first kappa shape index (κ1) is 14.0. The van der Waals surface area contributed by atoms with Gasteiger partial charge in [-0.2, -0.15) is 4.98 Å². The van der Waals surface area contributed by atoms with Crippen LogP contribution in [0.3, 0.4) is 0 Å². The quantitative estimate of drug-likeness (QED) is 0.781. The Bertz CT molecular complexity index is 629. The molecule has 9 heteroatoms.